The van der Waals surface area contributed by atoms with E-state index in [4.69, 9.17) is 9.47 Å². The summed E-state index contributed by atoms with van der Waals surface area (Å²) in [7, 11) is 0. The highest BCUT2D eigenvalue weighted by Gasteiger charge is 2.50. The van der Waals surface area contributed by atoms with E-state index in [-0.39, 0.29) is 5.78 Å². The van der Waals surface area contributed by atoms with Crippen molar-refractivity contribution in [2.75, 3.05) is 6.61 Å². The van der Waals surface area contributed by atoms with Gasteiger partial charge in [-0.3, -0.25) is 4.79 Å². The Bertz CT molecular complexity index is 544. The fraction of sp³-hybridized carbons (Fsp3) is 0.529. The monoisotopic (exact) mass is 305 g/mol. The van der Waals surface area contributed by atoms with E-state index in [1.54, 1.807) is 27.7 Å². The number of carbonyl (C=O) groups excluding carboxylic acids is 2. The van der Waals surface area contributed by atoms with Crippen LogP contribution in [0.15, 0.2) is 30.3 Å². The minimum absolute atomic E-state index is 0.123. The van der Waals surface area contributed by atoms with Crippen LogP contribution < -0.4 is 5.32 Å². The van der Waals surface area contributed by atoms with Gasteiger partial charge in [0.2, 0.25) is 0 Å². The number of alkyl carbamates (subject to hydrolysis) is 1. The smallest absolute Gasteiger partial charge is 0.408 e. The van der Waals surface area contributed by atoms with Gasteiger partial charge in [0.05, 0.1) is 12.6 Å². The maximum absolute atomic E-state index is 12.5. The second-order valence-corrected chi connectivity index (χ2v) is 6.77. The summed E-state index contributed by atoms with van der Waals surface area (Å²) in [5, 5.41) is 2.68. The van der Waals surface area contributed by atoms with Gasteiger partial charge < -0.3 is 14.8 Å². The van der Waals surface area contributed by atoms with Crippen LogP contribution in [0.3, 0.4) is 0 Å². The zero-order valence-electron chi connectivity index (χ0n) is 13.5. The van der Waals surface area contributed by atoms with E-state index in [1.165, 1.54) is 0 Å². The molecule has 0 aliphatic carbocycles. The molecule has 120 valence electrons. The predicted molar refractivity (Wildman–Crippen MR) is 82.7 cm³/mol. The van der Waals surface area contributed by atoms with Crippen LogP contribution in [0.2, 0.25) is 0 Å². The highest BCUT2D eigenvalue weighted by atomic mass is 16.6. The number of ketones is 1. The lowest BCUT2D eigenvalue weighted by atomic mass is 9.95. The van der Waals surface area contributed by atoms with Gasteiger partial charge in [0.25, 0.3) is 0 Å². The first-order valence-corrected chi connectivity index (χ1v) is 7.41. The molecule has 1 heterocycles. The van der Waals surface area contributed by atoms with Crippen molar-refractivity contribution in [3.63, 3.8) is 0 Å². The molecule has 2 unspecified atom stereocenters. The van der Waals surface area contributed by atoms with Crippen molar-refractivity contribution >= 4 is 11.9 Å². The Balaban J connectivity index is 2.08. The molecule has 1 aliphatic heterocycles. The first-order valence-electron chi connectivity index (χ1n) is 7.41. The average molecular weight is 305 g/mol. The van der Waals surface area contributed by atoms with Crippen LogP contribution in [-0.2, 0) is 20.7 Å². The Morgan fingerprint density at radius 2 is 1.91 bits per heavy atom. The fourth-order valence-corrected chi connectivity index (χ4v) is 2.13. The zero-order chi connectivity index (χ0) is 16.4. The number of hydrogen-bond donors (Lipinski definition) is 1. The normalized spacial score (nSPS) is 21.8. The summed E-state index contributed by atoms with van der Waals surface area (Å²) in [5.41, 5.74) is -0.417. The molecule has 0 saturated carbocycles. The van der Waals surface area contributed by atoms with Crippen LogP contribution in [0.4, 0.5) is 4.79 Å². The average Bonchev–Trinajstić information content (AvgIpc) is 3.15. The molecular formula is C17H23NO4. The highest BCUT2D eigenvalue weighted by Crippen LogP contribution is 2.29. The molecule has 5 heteroatoms. The van der Waals surface area contributed by atoms with E-state index >= 15 is 0 Å². The van der Waals surface area contributed by atoms with Crippen LogP contribution >= 0.6 is 0 Å². The number of rotatable bonds is 5. The molecule has 1 aromatic carbocycles. The molecule has 2 rings (SSSR count). The fourth-order valence-electron chi connectivity index (χ4n) is 2.13. The molecule has 0 bridgehead atoms. The third-order valence-electron chi connectivity index (χ3n) is 3.39. The number of carbonyl (C=O) groups is 2. The van der Waals surface area contributed by atoms with Crippen molar-refractivity contribution in [1.82, 2.24) is 5.32 Å². The molecule has 1 fully saturated rings. The van der Waals surface area contributed by atoms with Crippen molar-refractivity contribution < 1.29 is 19.1 Å². The van der Waals surface area contributed by atoms with E-state index < -0.39 is 23.3 Å². The van der Waals surface area contributed by atoms with E-state index in [9.17, 15) is 9.59 Å². The molecular weight excluding hydrogens is 282 g/mol. The van der Waals surface area contributed by atoms with Crippen LogP contribution in [0.5, 0.6) is 0 Å². The van der Waals surface area contributed by atoms with Gasteiger partial charge in [0.15, 0.2) is 5.78 Å². The van der Waals surface area contributed by atoms with E-state index in [0.29, 0.717) is 13.0 Å². The Morgan fingerprint density at radius 1 is 1.32 bits per heavy atom. The second-order valence-electron chi connectivity index (χ2n) is 6.77. The molecule has 22 heavy (non-hydrogen) atoms. The molecule has 1 aromatic rings. The lowest BCUT2D eigenvalue weighted by molar-refractivity contribution is -0.125. The third kappa shape index (κ3) is 4.56. The van der Waals surface area contributed by atoms with E-state index in [0.717, 1.165) is 5.56 Å². The third-order valence-corrected chi connectivity index (χ3v) is 3.39. The van der Waals surface area contributed by atoms with Gasteiger partial charge in [0, 0.05) is 0 Å². The Morgan fingerprint density at radius 3 is 2.41 bits per heavy atom. The van der Waals surface area contributed by atoms with Crippen LogP contribution in [0.25, 0.3) is 0 Å². The summed E-state index contributed by atoms with van der Waals surface area (Å²) in [6.07, 6.45) is -0.177. The SMILES string of the molecule is CC(C)(C)OC(=O)NC(Cc1ccccc1)C(=O)C1(C)CO1. The largest absolute Gasteiger partial charge is 0.444 e. The van der Waals surface area contributed by atoms with Gasteiger partial charge in [-0.1, -0.05) is 30.3 Å². The Kier molecular flexibility index (Phi) is 4.56. The van der Waals surface area contributed by atoms with E-state index in [2.05, 4.69) is 5.32 Å². The van der Waals surface area contributed by atoms with Crippen molar-refractivity contribution in [2.45, 2.75) is 51.4 Å². The van der Waals surface area contributed by atoms with Gasteiger partial charge in [-0.15, -0.1) is 0 Å². The lowest BCUT2D eigenvalue weighted by Crippen LogP contribution is -2.48. The van der Waals surface area contributed by atoms with Gasteiger partial charge in [0.1, 0.15) is 11.2 Å². The summed E-state index contributed by atoms with van der Waals surface area (Å²) in [6.45, 7) is 7.49. The number of benzene rings is 1. The molecule has 0 aromatic heterocycles. The van der Waals surface area contributed by atoms with Gasteiger partial charge in [-0.2, -0.15) is 0 Å². The number of Topliss-reactive ketones (excluding diaryl/α,β-unsaturated/α-hetero) is 1. The molecule has 1 saturated heterocycles. The minimum Gasteiger partial charge on any atom is -0.444 e. The summed E-state index contributed by atoms with van der Waals surface area (Å²) >= 11 is 0. The Labute approximate surface area is 131 Å². The van der Waals surface area contributed by atoms with Crippen molar-refractivity contribution in [3.8, 4) is 0 Å². The maximum atomic E-state index is 12.5. The number of epoxide rings is 1. The first kappa shape index (κ1) is 16.5. The molecule has 0 spiro atoms. The molecule has 1 amide bonds. The Hall–Kier alpha value is -1.88. The maximum Gasteiger partial charge on any atom is 0.408 e. The zero-order valence-corrected chi connectivity index (χ0v) is 13.5. The van der Waals surface area contributed by atoms with Gasteiger partial charge in [-0.25, -0.2) is 4.79 Å². The highest BCUT2D eigenvalue weighted by molar-refractivity contribution is 5.96. The molecule has 0 radical (unpaired) electrons. The van der Waals surface area contributed by atoms with Crippen LogP contribution in [0.1, 0.15) is 33.3 Å². The van der Waals surface area contributed by atoms with Crippen molar-refractivity contribution in [2.24, 2.45) is 0 Å². The molecule has 5 nitrogen and oxygen atoms in total. The van der Waals surface area contributed by atoms with Gasteiger partial charge in [-0.05, 0) is 39.7 Å². The standard InChI is InChI=1S/C17H23NO4/c1-16(2,3)22-15(20)18-13(14(19)17(4)11-21-17)10-12-8-6-5-7-9-12/h5-9,13H,10-11H2,1-4H3,(H,18,20). The summed E-state index contributed by atoms with van der Waals surface area (Å²) in [4.78, 5) is 24.5. The van der Waals surface area contributed by atoms with Gasteiger partial charge >= 0.3 is 6.09 Å². The van der Waals surface area contributed by atoms with Crippen molar-refractivity contribution in [1.29, 1.82) is 0 Å². The molecule has 1 aliphatic rings. The second kappa shape index (κ2) is 6.08. The quantitative estimate of drug-likeness (QED) is 0.849. The van der Waals surface area contributed by atoms with E-state index in [1.807, 2.05) is 30.3 Å². The number of nitrogens with one attached hydrogen (secondary N) is 1. The molecule has 1 N–H and O–H groups in total. The lowest BCUT2D eigenvalue weighted by Gasteiger charge is -2.24. The number of ether oxygens (including phenoxy) is 2. The van der Waals surface area contributed by atoms with Crippen molar-refractivity contribution in [3.05, 3.63) is 35.9 Å². The summed E-state index contributed by atoms with van der Waals surface area (Å²) in [5.74, 6) is -0.123. The number of amides is 1. The predicted octanol–water partition coefficient (Wildman–Crippen LogP) is 2.48. The van der Waals surface area contributed by atoms with Crippen LogP contribution in [0, 0.1) is 0 Å². The number of hydrogen-bond acceptors (Lipinski definition) is 4. The topological polar surface area (TPSA) is 67.9 Å². The molecule has 2 atom stereocenters. The summed E-state index contributed by atoms with van der Waals surface area (Å²) < 4.78 is 10.5. The first-order chi connectivity index (χ1) is 10.2. The minimum atomic E-state index is -0.783. The van der Waals surface area contributed by atoms with Crippen LogP contribution in [-0.4, -0.2) is 35.7 Å². The summed E-state index contributed by atoms with van der Waals surface area (Å²) in [6, 6.07) is 8.90.